The highest BCUT2D eigenvalue weighted by molar-refractivity contribution is 7.92. The van der Waals surface area contributed by atoms with Gasteiger partial charge < -0.3 is 5.32 Å². The van der Waals surface area contributed by atoms with Crippen LogP contribution in [0.25, 0.3) is 0 Å². The molecule has 0 saturated heterocycles. The van der Waals surface area contributed by atoms with Crippen LogP contribution in [0, 0.1) is 20.8 Å². The van der Waals surface area contributed by atoms with Gasteiger partial charge in [0.2, 0.25) is 15.9 Å². The number of anilines is 1. The topological polar surface area (TPSA) is 66.5 Å². The van der Waals surface area contributed by atoms with Crippen LogP contribution in [0.1, 0.15) is 35.2 Å². The third kappa shape index (κ3) is 5.08. The van der Waals surface area contributed by atoms with Crippen molar-refractivity contribution in [3.8, 4) is 0 Å². The Bertz CT molecular complexity index is 907. The van der Waals surface area contributed by atoms with Crippen molar-refractivity contribution in [2.45, 2.75) is 33.7 Å². The van der Waals surface area contributed by atoms with Crippen LogP contribution < -0.4 is 9.62 Å². The number of nitrogens with one attached hydrogen (secondary N) is 1. The molecule has 0 fully saturated rings. The van der Waals surface area contributed by atoms with Crippen molar-refractivity contribution in [2.24, 2.45) is 0 Å². The maximum atomic E-state index is 12.5. The minimum atomic E-state index is -3.57. The summed E-state index contributed by atoms with van der Waals surface area (Å²) >= 11 is 0. The second kappa shape index (κ2) is 7.91. The minimum Gasteiger partial charge on any atom is -0.348 e. The molecule has 1 unspecified atom stereocenters. The molecule has 0 aromatic heterocycles. The summed E-state index contributed by atoms with van der Waals surface area (Å²) in [5.41, 5.74) is 4.65. The lowest BCUT2D eigenvalue weighted by Crippen LogP contribution is -2.41. The van der Waals surface area contributed by atoms with Crippen LogP contribution in [-0.2, 0) is 14.8 Å². The van der Waals surface area contributed by atoms with E-state index in [2.05, 4.69) is 5.32 Å². The Morgan fingerprint density at radius 3 is 2.35 bits per heavy atom. The summed E-state index contributed by atoms with van der Waals surface area (Å²) in [7, 11) is -3.57. The van der Waals surface area contributed by atoms with E-state index in [1.807, 2.05) is 52.0 Å². The molecule has 2 rings (SSSR count). The third-order valence-corrected chi connectivity index (χ3v) is 5.40. The van der Waals surface area contributed by atoms with Crippen LogP contribution in [0.3, 0.4) is 0 Å². The van der Waals surface area contributed by atoms with Crippen LogP contribution in [0.2, 0.25) is 0 Å². The van der Waals surface area contributed by atoms with E-state index in [0.717, 1.165) is 32.8 Å². The Kier molecular flexibility index (Phi) is 6.08. The first-order chi connectivity index (χ1) is 12.1. The Balaban J connectivity index is 2.19. The minimum absolute atomic E-state index is 0.207. The van der Waals surface area contributed by atoms with E-state index in [9.17, 15) is 13.2 Å². The van der Waals surface area contributed by atoms with Crippen molar-refractivity contribution in [3.63, 3.8) is 0 Å². The Morgan fingerprint density at radius 2 is 1.73 bits per heavy atom. The molecule has 0 radical (unpaired) electrons. The highest BCUT2D eigenvalue weighted by Gasteiger charge is 2.22. The molecule has 140 valence electrons. The fourth-order valence-corrected chi connectivity index (χ4v) is 3.75. The van der Waals surface area contributed by atoms with E-state index in [4.69, 9.17) is 0 Å². The number of amides is 1. The maximum absolute atomic E-state index is 12.5. The highest BCUT2D eigenvalue weighted by atomic mass is 32.2. The van der Waals surface area contributed by atoms with Crippen molar-refractivity contribution >= 4 is 21.6 Å². The van der Waals surface area contributed by atoms with E-state index < -0.39 is 10.0 Å². The first-order valence-electron chi connectivity index (χ1n) is 8.49. The average Bonchev–Trinajstić information content (AvgIpc) is 2.53. The Morgan fingerprint density at radius 1 is 1.08 bits per heavy atom. The van der Waals surface area contributed by atoms with Gasteiger partial charge in [0, 0.05) is 0 Å². The van der Waals surface area contributed by atoms with Crippen molar-refractivity contribution in [3.05, 3.63) is 64.7 Å². The van der Waals surface area contributed by atoms with Gasteiger partial charge in [-0.05, 0) is 56.5 Å². The second-order valence-corrected chi connectivity index (χ2v) is 8.66. The zero-order chi connectivity index (χ0) is 19.5. The predicted molar refractivity (Wildman–Crippen MR) is 106 cm³/mol. The summed E-state index contributed by atoms with van der Waals surface area (Å²) in [6.45, 7) is 7.52. The van der Waals surface area contributed by atoms with Gasteiger partial charge in [0.1, 0.15) is 6.54 Å². The molecule has 0 heterocycles. The number of aryl methyl sites for hydroxylation is 3. The molecule has 26 heavy (non-hydrogen) atoms. The fraction of sp³-hybridized carbons (Fsp3) is 0.350. The zero-order valence-electron chi connectivity index (χ0n) is 15.9. The smallest absolute Gasteiger partial charge is 0.241 e. The quantitative estimate of drug-likeness (QED) is 0.844. The highest BCUT2D eigenvalue weighted by Crippen LogP contribution is 2.21. The number of sulfonamides is 1. The third-order valence-electron chi connectivity index (χ3n) is 4.26. The Hall–Kier alpha value is -2.34. The van der Waals surface area contributed by atoms with Crippen LogP contribution in [-0.4, -0.2) is 27.1 Å². The number of hydrogen-bond acceptors (Lipinski definition) is 3. The number of carbonyl (C=O) groups is 1. The molecule has 0 spiro atoms. The van der Waals surface area contributed by atoms with Crippen LogP contribution >= 0.6 is 0 Å². The number of rotatable bonds is 6. The van der Waals surface area contributed by atoms with E-state index in [-0.39, 0.29) is 18.5 Å². The van der Waals surface area contributed by atoms with Crippen molar-refractivity contribution < 1.29 is 13.2 Å². The molecule has 1 amide bonds. The lowest BCUT2D eigenvalue weighted by Gasteiger charge is -2.24. The molecular weight excluding hydrogens is 348 g/mol. The molecule has 6 heteroatoms. The van der Waals surface area contributed by atoms with Gasteiger partial charge in [0.05, 0.1) is 18.0 Å². The largest absolute Gasteiger partial charge is 0.348 e. The monoisotopic (exact) mass is 374 g/mol. The summed E-state index contributed by atoms with van der Waals surface area (Å²) < 4.78 is 25.5. The molecule has 1 N–H and O–H groups in total. The van der Waals surface area contributed by atoms with E-state index in [1.165, 1.54) is 0 Å². The molecular formula is C20H26N2O3S. The number of benzene rings is 2. The molecule has 1 atom stereocenters. The molecule has 0 bridgehead atoms. The standard InChI is InChI=1S/C20H26N2O3S/c1-14-7-6-8-18(11-14)22(26(5,24)25)13-20(23)21-17(4)19-12-15(2)9-10-16(19)3/h6-12,17H,13H2,1-5H3,(H,21,23). The van der Waals surface area contributed by atoms with Crippen LogP contribution in [0.15, 0.2) is 42.5 Å². The van der Waals surface area contributed by atoms with Crippen LogP contribution in [0.5, 0.6) is 0 Å². The van der Waals surface area contributed by atoms with E-state index >= 15 is 0 Å². The first-order valence-corrected chi connectivity index (χ1v) is 10.3. The van der Waals surface area contributed by atoms with Gasteiger partial charge in [-0.3, -0.25) is 9.10 Å². The molecule has 0 saturated carbocycles. The van der Waals surface area contributed by atoms with Crippen molar-refractivity contribution in [1.29, 1.82) is 0 Å². The number of nitrogens with zero attached hydrogens (tertiary/aromatic N) is 1. The van der Waals surface area contributed by atoms with Gasteiger partial charge in [-0.25, -0.2) is 8.42 Å². The van der Waals surface area contributed by atoms with Gasteiger partial charge in [-0.2, -0.15) is 0 Å². The number of carbonyl (C=O) groups excluding carboxylic acids is 1. The number of hydrogen-bond donors (Lipinski definition) is 1. The average molecular weight is 375 g/mol. The Labute approximate surface area is 156 Å². The maximum Gasteiger partial charge on any atom is 0.241 e. The molecule has 2 aromatic carbocycles. The van der Waals surface area contributed by atoms with Gasteiger partial charge >= 0.3 is 0 Å². The SMILES string of the molecule is Cc1cccc(N(CC(=O)NC(C)c2cc(C)ccc2C)S(C)(=O)=O)c1. The second-order valence-electron chi connectivity index (χ2n) is 6.76. The predicted octanol–water partition coefficient (Wildman–Crippen LogP) is 3.26. The summed E-state index contributed by atoms with van der Waals surface area (Å²) in [6.07, 6.45) is 1.11. The fourth-order valence-electron chi connectivity index (χ4n) is 2.90. The normalized spacial score (nSPS) is 12.5. The van der Waals surface area contributed by atoms with E-state index in [1.54, 1.807) is 18.2 Å². The van der Waals surface area contributed by atoms with Crippen molar-refractivity contribution in [1.82, 2.24) is 5.32 Å². The lowest BCUT2D eigenvalue weighted by atomic mass is 10.00. The molecule has 0 aliphatic rings. The molecule has 0 aliphatic heterocycles. The first kappa shape index (κ1) is 20.0. The van der Waals surface area contributed by atoms with Crippen molar-refractivity contribution in [2.75, 3.05) is 17.1 Å². The van der Waals surface area contributed by atoms with Gasteiger partial charge in [0.15, 0.2) is 0 Å². The summed E-state index contributed by atoms with van der Waals surface area (Å²) in [4.78, 5) is 12.5. The van der Waals surface area contributed by atoms with Gasteiger partial charge in [0.25, 0.3) is 0 Å². The molecule has 5 nitrogen and oxygen atoms in total. The molecule has 0 aliphatic carbocycles. The zero-order valence-corrected chi connectivity index (χ0v) is 16.7. The summed E-state index contributed by atoms with van der Waals surface area (Å²) in [6, 6.07) is 13.0. The summed E-state index contributed by atoms with van der Waals surface area (Å²) in [5.74, 6) is -0.342. The van der Waals surface area contributed by atoms with Gasteiger partial charge in [-0.15, -0.1) is 0 Å². The lowest BCUT2D eigenvalue weighted by molar-refractivity contribution is -0.120. The molecule has 2 aromatic rings. The van der Waals surface area contributed by atoms with Gasteiger partial charge in [-0.1, -0.05) is 35.9 Å². The summed E-state index contributed by atoms with van der Waals surface area (Å²) in [5, 5.41) is 2.91. The van der Waals surface area contributed by atoms with E-state index in [0.29, 0.717) is 5.69 Å². The van der Waals surface area contributed by atoms with Crippen LogP contribution in [0.4, 0.5) is 5.69 Å².